The molecule has 0 bridgehead atoms. The van der Waals surface area contributed by atoms with Gasteiger partial charge in [0.1, 0.15) is 47.4 Å². The highest BCUT2D eigenvalue weighted by Crippen LogP contribution is 2.27. The largest absolute Gasteiger partial charge is 0.542 e. The van der Waals surface area contributed by atoms with Gasteiger partial charge < -0.3 is 28.2 Å². The first kappa shape index (κ1) is 19.3. The Labute approximate surface area is 171 Å². The van der Waals surface area contributed by atoms with Gasteiger partial charge in [-0.2, -0.15) is 0 Å². The zero-order valence-electron chi connectivity index (χ0n) is 16.3. The molecule has 0 atom stereocenters. The first-order valence-corrected chi connectivity index (χ1v) is 9.14. The predicted octanol–water partition coefficient (Wildman–Crippen LogP) is 3.74. The molecule has 7 nitrogen and oxygen atoms in total. The van der Waals surface area contributed by atoms with Crippen LogP contribution in [0.1, 0.15) is 27.4 Å². The minimum Gasteiger partial charge on any atom is -0.542 e. The normalized spacial score (nSPS) is 10.9. The van der Waals surface area contributed by atoms with E-state index in [0.717, 1.165) is 11.1 Å². The second-order valence-corrected chi connectivity index (χ2v) is 6.80. The number of ether oxygens (including phenoxy) is 2. The number of carbonyl (C=O) groups is 1. The average Bonchev–Trinajstić information content (AvgIpc) is 3.20. The van der Waals surface area contributed by atoms with E-state index >= 15 is 0 Å². The number of carboxylic acids is 1. The van der Waals surface area contributed by atoms with Crippen LogP contribution in [0.2, 0.25) is 0 Å². The van der Waals surface area contributed by atoms with Gasteiger partial charge in [0.15, 0.2) is 0 Å². The molecule has 4 aromatic rings. The molecule has 30 heavy (non-hydrogen) atoms. The molecule has 0 aliphatic heterocycles. The Bertz CT molecular complexity index is 1300. The third-order valence-corrected chi connectivity index (χ3v) is 4.51. The Hall–Kier alpha value is -4.00. The predicted molar refractivity (Wildman–Crippen MR) is 106 cm³/mol. The van der Waals surface area contributed by atoms with E-state index in [9.17, 15) is 14.7 Å². The molecule has 7 heteroatoms. The molecule has 0 amide bonds. The van der Waals surface area contributed by atoms with Gasteiger partial charge in [0, 0.05) is 6.07 Å². The van der Waals surface area contributed by atoms with Crippen molar-refractivity contribution in [3.63, 3.8) is 0 Å². The quantitative estimate of drug-likeness (QED) is 0.481. The summed E-state index contributed by atoms with van der Waals surface area (Å²) in [6.45, 7) is 3.90. The van der Waals surface area contributed by atoms with Crippen LogP contribution in [-0.4, -0.2) is 5.97 Å². The number of rotatable bonds is 6. The van der Waals surface area contributed by atoms with E-state index in [1.165, 1.54) is 18.4 Å². The number of aromatic carboxylic acids is 1. The number of furan rings is 1. The van der Waals surface area contributed by atoms with Gasteiger partial charge in [0.25, 0.3) is 0 Å². The van der Waals surface area contributed by atoms with E-state index in [2.05, 4.69) is 0 Å². The molecule has 0 saturated heterocycles. The van der Waals surface area contributed by atoms with Gasteiger partial charge in [-0.3, -0.25) is 4.79 Å². The van der Waals surface area contributed by atoms with Crippen LogP contribution in [0.3, 0.4) is 0 Å². The lowest BCUT2D eigenvalue weighted by atomic mass is 10.1. The zero-order chi connectivity index (χ0) is 21.3. The van der Waals surface area contributed by atoms with Crippen LogP contribution in [-0.2, 0) is 6.61 Å². The minimum atomic E-state index is -1.40. The average molecular weight is 405 g/mol. The number of hydrogen-bond donors (Lipinski definition) is 0. The third kappa shape index (κ3) is 3.91. The summed E-state index contributed by atoms with van der Waals surface area (Å²) in [5, 5.41) is 11.1. The SMILES string of the molecule is Cc1ccc(Oc2coc3cc(OCc4ccc(C(=O)[O-])o4)ccc3c2=O)c(C)c1. The van der Waals surface area contributed by atoms with Crippen molar-refractivity contribution in [2.45, 2.75) is 20.5 Å². The third-order valence-electron chi connectivity index (χ3n) is 4.51. The molecule has 0 radical (unpaired) electrons. The fourth-order valence-corrected chi connectivity index (χ4v) is 3.00. The maximum Gasteiger partial charge on any atom is 0.235 e. The summed E-state index contributed by atoms with van der Waals surface area (Å²) >= 11 is 0. The first-order chi connectivity index (χ1) is 14.4. The van der Waals surface area contributed by atoms with E-state index in [1.807, 2.05) is 32.0 Å². The number of carbonyl (C=O) groups excluding carboxylic acids is 1. The van der Waals surface area contributed by atoms with Crippen LogP contribution in [0, 0.1) is 13.8 Å². The molecule has 0 fully saturated rings. The molecular formula is C23H17O7-. The fourth-order valence-electron chi connectivity index (χ4n) is 3.00. The van der Waals surface area contributed by atoms with Crippen LogP contribution in [0.25, 0.3) is 11.0 Å². The van der Waals surface area contributed by atoms with Gasteiger partial charge in [-0.05, 0) is 49.7 Å². The number of hydrogen-bond acceptors (Lipinski definition) is 7. The molecular weight excluding hydrogens is 388 g/mol. The highest BCUT2D eigenvalue weighted by molar-refractivity contribution is 5.82. The lowest BCUT2D eigenvalue weighted by Crippen LogP contribution is -2.21. The van der Waals surface area contributed by atoms with Crippen molar-refractivity contribution in [2.24, 2.45) is 0 Å². The molecule has 2 aromatic carbocycles. The van der Waals surface area contributed by atoms with Crippen molar-refractivity contribution in [3.05, 3.63) is 87.7 Å². The number of fused-ring (bicyclic) bond motifs is 1. The molecule has 152 valence electrons. The Balaban J connectivity index is 1.54. The van der Waals surface area contributed by atoms with E-state index in [0.29, 0.717) is 28.2 Å². The van der Waals surface area contributed by atoms with Crippen LogP contribution >= 0.6 is 0 Å². The molecule has 0 saturated carbocycles. The maximum absolute atomic E-state index is 12.8. The minimum absolute atomic E-state index is 0.0108. The molecule has 4 rings (SSSR count). The number of benzene rings is 2. The zero-order valence-corrected chi connectivity index (χ0v) is 16.3. The smallest absolute Gasteiger partial charge is 0.235 e. The maximum atomic E-state index is 12.8. The van der Waals surface area contributed by atoms with Gasteiger partial charge in [-0.25, -0.2) is 0 Å². The van der Waals surface area contributed by atoms with Gasteiger partial charge >= 0.3 is 0 Å². The van der Waals surface area contributed by atoms with Crippen LogP contribution in [0.5, 0.6) is 17.2 Å². The fraction of sp³-hybridized carbons (Fsp3) is 0.130. The Morgan fingerprint density at radius 2 is 1.87 bits per heavy atom. The van der Waals surface area contributed by atoms with Gasteiger partial charge in [0.05, 0.1) is 5.39 Å². The van der Waals surface area contributed by atoms with Crippen LogP contribution < -0.4 is 20.0 Å². The first-order valence-electron chi connectivity index (χ1n) is 9.14. The number of aryl methyl sites for hydroxylation is 2. The number of carboxylic acid groups (broad SMARTS) is 1. The van der Waals surface area contributed by atoms with Crippen LogP contribution in [0.4, 0.5) is 0 Å². The van der Waals surface area contributed by atoms with Crippen molar-refractivity contribution >= 4 is 16.9 Å². The van der Waals surface area contributed by atoms with Crippen molar-refractivity contribution in [1.82, 2.24) is 0 Å². The molecule has 0 aliphatic rings. The van der Waals surface area contributed by atoms with Crippen molar-refractivity contribution < 1.29 is 28.2 Å². The Morgan fingerprint density at radius 1 is 1.03 bits per heavy atom. The summed E-state index contributed by atoms with van der Waals surface area (Å²) in [6, 6.07) is 13.2. The van der Waals surface area contributed by atoms with Crippen LogP contribution in [0.15, 0.2) is 68.4 Å². The van der Waals surface area contributed by atoms with E-state index in [4.69, 9.17) is 18.3 Å². The van der Waals surface area contributed by atoms with E-state index in [-0.39, 0.29) is 23.5 Å². The summed E-state index contributed by atoms with van der Waals surface area (Å²) in [7, 11) is 0. The summed E-state index contributed by atoms with van der Waals surface area (Å²) in [6.07, 6.45) is 1.27. The molecule has 0 aliphatic carbocycles. The summed E-state index contributed by atoms with van der Waals surface area (Å²) < 4.78 is 22.0. The summed E-state index contributed by atoms with van der Waals surface area (Å²) in [4.78, 5) is 23.5. The lowest BCUT2D eigenvalue weighted by molar-refractivity contribution is -0.257. The van der Waals surface area contributed by atoms with Crippen molar-refractivity contribution in [3.8, 4) is 17.2 Å². The molecule has 0 spiro atoms. The second-order valence-electron chi connectivity index (χ2n) is 6.80. The van der Waals surface area contributed by atoms with Gasteiger partial charge in [0.2, 0.25) is 11.2 Å². The summed E-state index contributed by atoms with van der Waals surface area (Å²) in [5.41, 5.74) is 2.05. The summed E-state index contributed by atoms with van der Waals surface area (Å²) in [5.74, 6) is -0.231. The highest BCUT2D eigenvalue weighted by atomic mass is 16.5. The van der Waals surface area contributed by atoms with Crippen molar-refractivity contribution in [1.29, 1.82) is 0 Å². The monoisotopic (exact) mass is 405 g/mol. The van der Waals surface area contributed by atoms with Crippen molar-refractivity contribution in [2.75, 3.05) is 0 Å². The van der Waals surface area contributed by atoms with E-state index in [1.54, 1.807) is 18.2 Å². The molecule has 2 aromatic heterocycles. The second kappa shape index (κ2) is 7.79. The molecule has 2 heterocycles. The lowest BCUT2D eigenvalue weighted by Gasteiger charge is -2.09. The molecule has 0 N–H and O–H groups in total. The topological polar surface area (TPSA) is 102 Å². The highest BCUT2D eigenvalue weighted by Gasteiger charge is 2.12. The Morgan fingerprint density at radius 3 is 2.60 bits per heavy atom. The standard InChI is InChI=1S/C23H18O7/c1-13-3-7-18(14(2)9-13)30-21-12-28-20-10-15(4-6-17(20)22(21)24)27-11-16-5-8-19(29-16)23(25)26/h3-10,12H,11H2,1-2H3,(H,25,26)/p-1. The Kier molecular flexibility index (Phi) is 5.02. The molecule has 0 unspecified atom stereocenters. The van der Waals surface area contributed by atoms with Gasteiger partial charge in [-0.1, -0.05) is 17.7 Å². The van der Waals surface area contributed by atoms with E-state index < -0.39 is 5.97 Å². The van der Waals surface area contributed by atoms with Gasteiger partial charge in [-0.15, -0.1) is 0 Å².